The molecule has 4 amide bonds. The van der Waals surface area contributed by atoms with Crippen LogP contribution in [0, 0.1) is 11.7 Å². The number of likely N-dealkylation sites (N-methyl/N-ethyl adjacent to an activating group) is 1. The first-order chi connectivity index (χ1) is 26.6. The van der Waals surface area contributed by atoms with E-state index in [0.717, 1.165) is 11.1 Å². The van der Waals surface area contributed by atoms with E-state index in [0.29, 0.717) is 56.9 Å². The molecule has 3 aliphatic rings. The second kappa shape index (κ2) is 18.0. The fourth-order valence-electron chi connectivity index (χ4n) is 7.00. The molecular formula is C41H48FN7O6. The van der Waals surface area contributed by atoms with Crippen LogP contribution in [0.2, 0.25) is 0 Å². The Morgan fingerprint density at radius 2 is 1.71 bits per heavy atom. The summed E-state index contributed by atoms with van der Waals surface area (Å²) in [7, 11) is 1.60. The van der Waals surface area contributed by atoms with Crippen molar-refractivity contribution in [3.05, 3.63) is 107 Å². The summed E-state index contributed by atoms with van der Waals surface area (Å²) in [5.41, 5.74) is 2.21. The number of para-hydroxylation sites is 1. The zero-order valence-electron chi connectivity index (χ0n) is 31.4. The average Bonchev–Trinajstić information content (AvgIpc) is 3.86. The van der Waals surface area contributed by atoms with Gasteiger partial charge in [0.2, 0.25) is 17.7 Å². The predicted molar refractivity (Wildman–Crippen MR) is 202 cm³/mol. The van der Waals surface area contributed by atoms with E-state index < -0.39 is 35.8 Å². The number of carbonyl (C=O) groups excluding carboxylic acids is 4. The number of hydrogen-bond acceptors (Lipinski definition) is 8. The van der Waals surface area contributed by atoms with Crippen molar-refractivity contribution >= 4 is 23.6 Å². The lowest BCUT2D eigenvalue weighted by molar-refractivity contribution is -0.147. The van der Waals surface area contributed by atoms with Crippen molar-refractivity contribution in [2.75, 3.05) is 26.7 Å². The standard InChI is InChI=1S/C41H48FN7O6/c1-27(2)23-34-40(52)49-20-8-13-35(49)41(53)47(3)36(24-29-9-5-4-6-10-29)39(51)43-19-18-28-14-16-31(17-15-28)54-22-21-48-25-30(45-46-48)26-55-37-32(38(50)44-34)11-7-12-33(37)42/h4-7,9-12,14-17,25,27,34-36H,8,13,18-24,26H2,1-3H3,(H,43,51)(H,44,50)/t34-,35-,36+/m1/s1. The van der Waals surface area contributed by atoms with Gasteiger partial charge >= 0.3 is 0 Å². The van der Waals surface area contributed by atoms with Crippen LogP contribution >= 0.6 is 0 Å². The van der Waals surface area contributed by atoms with E-state index in [1.54, 1.807) is 17.9 Å². The summed E-state index contributed by atoms with van der Waals surface area (Å²) >= 11 is 0. The lowest BCUT2D eigenvalue weighted by Crippen LogP contribution is -2.57. The summed E-state index contributed by atoms with van der Waals surface area (Å²) in [6.45, 7) is 5.04. The van der Waals surface area contributed by atoms with Crippen molar-refractivity contribution < 1.29 is 33.0 Å². The van der Waals surface area contributed by atoms with E-state index in [-0.39, 0.29) is 48.5 Å². The molecule has 4 aromatic rings. The van der Waals surface area contributed by atoms with Crippen LogP contribution in [0.15, 0.2) is 79.0 Å². The minimum atomic E-state index is -1.01. The maximum Gasteiger partial charge on any atom is 0.255 e. The Morgan fingerprint density at radius 3 is 2.47 bits per heavy atom. The van der Waals surface area contributed by atoms with E-state index in [1.165, 1.54) is 28.0 Å². The molecular weight excluding hydrogens is 705 g/mol. The molecule has 3 aliphatic heterocycles. The Hall–Kier alpha value is -5.79. The molecule has 55 heavy (non-hydrogen) atoms. The van der Waals surface area contributed by atoms with Crippen molar-refractivity contribution in [1.29, 1.82) is 0 Å². The Morgan fingerprint density at radius 1 is 0.927 bits per heavy atom. The maximum atomic E-state index is 15.2. The number of rotatable bonds is 4. The third-order valence-corrected chi connectivity index (χ3v) is 9.91. The number of carbonyl (C=O) groups is 4. The highest BCUT2D eigenvalue weighted by molar-refractivity contribution is 6.00. The van der Waals surface area contributed by atoms with Crippen LogP contribution in [0.3, 0.4) is 0 Å². The van der Waals surface area contributed by atoms with Gasteiger partial charge in [-0.25, -0.2) is 9.07 Å². The molecule has 0 aliphatic carbocycles. The van der Waals surface area contributed by atoms with Gasteiger partial charge in [-0.3, -0.25) is 19.2 Å². The third kappa shape index (κ3) is 9.85. The Labute approximate surface area is 320 Å². The van der Waals surface area contributed by atoms with Gasteiger partial charge in [0.1, 0.15) is 42.8 Å². The molecule has 7 rings (SSSR count). The number of ether oxygens (including phenoxy) is 2. The number of nitrogens with zero attached hydrogens (tertiary/aromatic N) is 5. The second-order valence-electron chi connectivity index (χ2n) is 14.4. The number of benzene rings is 3. The number of amides is 4. The third-order valence-electron chi connectivity index (χ3n) is 9.91. The highest BCUT2D eigenvalue weighted by Crippen LogP contribution is 2.26. The van der Waals surface area contributed by atoms with Gasteiger partial charge in [0.05, 0.1) is 18.3 Å². The van der Waals surface area contributed by atoms with Gasteiger partial charge in [-0.15, -0.1) is 5.10 Å². The molecule has 290 valence electrons. The number of hydrogen-bond donors (Lipinski definition) is 2. The quantitative estimate of drug-likeness (QED) is 0.319. The molecule has 14 heteroatoms. The molecule has 0 spiro atoms. The second-order valence-corrected chi connectivity index (χ2v) is 14.4. The topological polar surface area (TPSA) is 148 Å². The minimum absolute atomic E-state index is 0.00800. The van der Waals surface area contributed by atoms with E-state index >= 15 is 4.39 Å². The summed E-state index contributed by atoms with van der Waals surface area (Å²) in [5, 5.41) is 14.1. The smallest absolute Gasteiger partial charge is 0.255 e. The molecule has 1 saturated heterocycles. The first-order valence-electron chi connectivity index (χ1n) is 18.8. The molecule has 4 heterocycles. The molecule has 0 saturated carbocycles. The fourth-order valence-corrected chi connectivity index (χ4v) is 7.00. The number of fused-ring (bicyclic) bond motifs is 14. The van der Waals surface area contributed by atoms with Crippen LogP contribution in [0.5, 0.6) is 11.5 Å². The van der Waals surface area contributed by atoms with Crippen molar-refractivity contribution in [2.45, 2.75) is 77.2 Å². The number of aromatic nitrogens is 3. The van der Waals surface area contributed by atoms with Crippen molar-refractivity contribution in [3.8, 4) is 11.5 Å². The monoisotopic (exact) mass is 753 g/mol. The van der Waals surface area contributed by atoms with E-state index in [2.05, 4.69) is 20.9 Å². The minimum Gasteiger partial charge on any atom is -0.492 e. The van der Waals surface area contributed by atoms with E-state index in [1.807, 2.05) is 68.4 Å². The maximum absolute atomic E-state index is 15.2. The number of nitrogens with one attached hydrogen (secondary N) is 2. The van der Waals surface area contributed by atoms with Gasteiger partial charge in [-0.1, -0.05) is 67.6 Å². The van der Waals surface area contributed by atoms with Crippen LogP contribution in [0.4, 0.5) is 4.39 Å². The van der Waals surface area contributed by atoms with Crippen molar-refractivity contribution in [3.63, 3.8) is 0 Å². The van der Waals surface area contributed by atoms with Gasteiger partial charge in [0, 0.05) is 26.6 Å². The average molecular weight is 754 g/mol. The van der Waals surface area contributed by atoms with Gasteiger partial charge in [-0.2, -0.15) is 0 Å². The van der Waals surface area contributed by atoms with E-state index in [4.69, 9.17) is 9.47 Å². The summed E-state index contributed by atoms with van der Waals surface area (Å²) < 4.78 is 28.5. The molecule has 2 N–H and O–H groups in total. The number of halogens is 1. The fraction of sp³-hybridized carbons (Fsp3) is 0.415. The first-order valence-corrected chi connectivity index (χ1v) is 18.8. The van der Waals surface area contributed by atoms with Crippen molar-refractivity contribution in [1.82, 2.24) is 35.4 Å². The summed E-state index contributed by atoms with van der Waals surface area (Å²) in [6, 6.07) is 18.4. The van der Waals surface area contributed by atoms with Crippen LogP contribution in [-0.4, -0.2) is 93.3 Å². The van der Waals surface area contributed by atoms with Crippen molar-refractivity contribution in [2.24, 2.45) is 5.92 Å². The first kappa shape index (κ1) is 38.9. The van der Waals surface area contributed by atoms with Crippen LogP contribution < -0.4 is 20.1 Å². The summed E-state index contributed by atoms with van der Waals surface area (Å²) in [4.78, 5) is 59.2. The van der Waals surface area contributed by atoms with Gasteiger partial charge in [0.25, 0.3) is 5.91 Å². The Balaban J connectivity index is 1.29. The molecule has 0 unspecified atom stereocenters. The van der Waals surface area contributed by atoms with Crippen LogP contribution in [0.25, 0.3) is 0 Å². The molecule has 13 nitrogen and oxygen atoms in total. The van der Waals surface area contributed by atoms with Gasteiger partial charge in [-0.05, 0) is 67.0 Å². The molecule has 4 bridgehead atoms. The van der Waals surface area contributed by atoms with Crippen LogP contribution in [0.1, 0.15) is 60.3 Å². The SMILES string of the molecule is CC(C)C[C@H]1NC(=O)c2cccc(F)c2OCc2cn(nn2)CCOc2ccc(cc2)CCNC(=O)[C@H](Cc2ccccc2)N(C)C(=O)[C@H]2CCCN2C1=O. The molecule has 3 atom stereocenters. The largest absolute Gasteiger partial charge is 0.492 e. The lowest BCUT2D eigenvalue weighted by atomic mass is 10.0. The predicted octanol–water partition coefficient (Wildman–Crippen LogP) is 3.95. The molecule has 0 radical (unpaired) electrons. The zero-order valence-corrected chi connectivity index (χ0v) is 31.4. The van der Waals surface area contributed by atoms with Gasteiger partial charge in [0.15, 0.2) is 11.6 Å². The lowest BCUT2D eigenvalue weighted by Gasteiger charge is -2.34. The molecule has 3 aromatic carbocycles. The summed E-state index contributed by atoms with van der Waals surface area (Å²) in [5.74, 6) is -2.16. The highest BCUT2D eigenvalue weighted by atomic mass is 19.1. The zero-order chi connectivity index (χ0) is 38.9. The Kier molecular flexibility index (Phi) is 12.8. The molecule has 1 aromatic heterocycles. The Bertz CT molecular complexity index is 1950. The van der Waals surface area contributed by atoms with Crippen LogP contribution in [-0.2, 0) is 40.4 Å². The van der Waals surface area contributed by atoms with E-state index in [9.17, 15) is 19.2 Å². The summed E-state index contributed by atoms with van der Waals surface area (Å²) in [6.07, 6.45) is 3.75. The highest BCUT2D eigenvalue weighted by Gasteiger charge is 2.41. The van der Waals surface area contributed by atoms with Gasteiger partial charge < -0.3 is 29.9 Å². The normalized spacial score (nSPS) is 20.6. The molecule has 1 fully saturated rings.